The first kappa shape index (κ1) is 17.5. The van der Waals surface area contributed by atoms with E-state index in [4.69, 9.17) is 16.3 Å². The Bertz CT molecular complexity index is 827. The Hall–Kier alpha value is -2.30. The van der Waals surface area contributed by atoms with Gasteiger partial charge in [0.25, 0.3) is 0 Å². The van der Waals surface area contributed by atoms with Crippen molar-refractivity contribution in [2.24, 2.45) is 0 Å². The molecule has 1 saturated heterocycles. The average molecular weight is 368 g/mol. The van der Waals surface area contributed by atoms with Crippen LogP contribution in [0.25, 0.3) is 11.3 Å². The summed E-state index contributed by atoms with van der Waals surface area (Å²) in [5, 5.41) is 9.63. The third-order valence-corrected chi connectivity index (χ3v) is 4.21. The van der Waals surface area contributed by atoms with E-state index < -0.39 is 17.3 Å². The highest BCUT2D eigenvalue weighted by Gasteiger charge is 2.37. The molecule has 0 unspecified atom stereocenters. The van der Waals surface area contributed by atoms with Crippen molar-refractivity contribution in [1.82, 2.24) is 4.98 Å². The fourth-order valence-electron chi connectivity index (χ4n) is 2.68. The Labute approximate surface area is 147 Å². The quantitative estimate of drug-likeness (QED) is 0.800. The zero-order valence-corrected chi connectivity index (χ0v) is 13.7. The third-order valence-electron chi connectivity index (χ3n) is 3.88. The number of rotatable bonds is 2. The Kier molecular flexibility index (Phi) is 4.84. The lowest BCUT2D eigenvalue weighted by atomic mass is 10.0. The molecule has 130 valence electrons. The molecule has 8 heteroatoms. The van der Waals surface area contributed by atoms with Crippen LogP contribution in [0.5, 0.6) is 0 Å². The number of ether oxygens (including phenoxy) is 1. The summed E-state index contributed by atoms with van der Waals surface area (Å²) in [6, 6.07) is 9.07. The van der Waals surface area contributed by atoms with E-state index in [0.29, 0.717) is 36.9 Å². The maximum absolute atomic E-state index is 13.5. The SMILES string of the molecule is N#Cc1c(C(F)(F)F)cc(-c2ccccc2Cl)nc1N1CCOCC1. The van der Waals surface area contributed by atoms with Crippen LogP contribution in [0.2, 0.25) is 5.02 Å². The van der Waals surface area contributed by atoms with Crippen molar-refractivity contribution in [3.63, 3.8) is 0 Å². The van der Waals surface area contributed by atoms with Gasteiger partial charge in [0.1, 0.15) is 17.5 Å². The highest BCUT2D eigenvalue weighted by atomic mass is 35.5. The number of halogens is 4. The van der Waals surface area contributed by atoms with Crippen LogP contribution in [0.1, 0.15) is 11.1 Å². The van der Waals surface area contributed by atoms with Crippen molar-refractivity contribution in [2.75, 3.05) is 31.2 Å². The summed E-state index contributed by atoms with van der Waals surface area (Å²) in [6.07, 6.45) is -4.68. The molecule has 1 aromatic heterocycles. The lowest BCUT2D eigenvalue weighted by molar-refractivity contribution is -0.137. The van der Waals surface area contributed by atoms with Crippen molar-refractivity contribution >= 4 is 17.4 Å². The molecule has 0 bridgehead atoms. The van der Waals surface area contributed by atoms with Crippen LogP contribution in [-0.2, 0) is 10.9 Å². The van der Waals surface area contributed by atoms with Gasteiger partial charge in [-0.15, -0.1) is 0 Å². The monoisotopic (exact) mass is 367 g/mol. The van der Waals surface area contributed by atoms with Crippen LogP contribution in [0.3, 0.4) is 0 Å². The molecule has 0 N–H and O–H groups in total. The van der Waals surface area contributed by atoms with Gasteiger partial charge in [-0.25, -0.2) is 4.98 Å². The summed E-state index contributed by atoms with van der Waals surface area (Å²) < 4.78 is 45.8. The number of nitriles is 1. The second-order valence-corrected chi connectivity index (χ2v) is 5.85. The van der Waals surface area contributed by atoms with E-state index in [1.165, 1.54) is 0 Å². The normalized spacial score (nSPS) is 15.1. The Morgan fingerprint density at radius 2 is 1.88 bits per heavy atom. The smallest absolute Gasteiger partial charge is 0.378 e. The fourth-order valence-corrected chi connectivity index (χ4v) is 2.91. The van der Waals surface area contributed by atoms with Gasteiger partial charge in [0.15, 0.2) is 0 Å². The topological polar surface area (TPSA) is 49.2 Å². The standard InChI is InChI=1S/C17H13ClF3N3O/c18-14-4-2-1-3-11(14)15-9-13(17(19,20)21)12(10-22)16(23-15)24-5-7-25-8-6-24/h1-4,9H,5-8H2. The average Bonchev–Trinajstić information content (AvgIpc) is 2.61. The lowest BCUT2D eigenvalue weighted by Gasteiger charge is -2.29. The van der Waals surface area contributed by atoms with Gasteiger partial charge >= 0.3 is 6.18 Å². The molecular weight excluding hydrogens is 355 g/mol. The van der Waals surface area contributed by atoms with E-state index in [2.05, 4.69) is 4.98 Å². The summed E-state index contributed by atoms with van der Waals surface area (Å²) >= 11 is 6.12. The van der Waals surface area contributed by atoms with Gasteiger partial charge in [-0.3, -0.25) is 0 Å². The molecule has 2 heterocycles. The molecule has 0 amide bonds. The minimum atomic E-state index is -4.68. The highest BCUT2D eigenvalue weighted by Crippen LogP contribution is 2.39. The first-order valence-corrected chi connectivity index (χ1v) is 7.89. The van der Waals surface area contributed by atoms with Crippen LogP contribution >= 0.6 is 11.6 Å². The Morgan fingerprint density at radius 3 is 2.48 bits per heavy atom. The van der Waals surface area contributed by atoms with Crippen molar-refractivity contribution in [3.8, 4) is 17.3 Å². The number of aromatic nitrogens is 1. The molecule has 1 aliphatic heterocycles. The van der Waals surface area contributed by atoms with Gasteiger partial charge in [0.2, 0.25) is 0 Å². The maximum Gasteiger partial charge on any atom is 0.417 e. The van der Waals surface area contributed by atoms with Gasteiger partial charge in [-0.05, 0) is 12.1 Å². The maximum atomic E-state index is 13.5. The second-order valence-electron chi connectivity index (χ2n) is 5.44. The van der Waals surface area contributed by atoms with E-state index in [9.17, 15) is 18.4 Å². The number of nitrogens with zero attached hydrogens (tertiary/aromatic N) is 3. The first-order chi connectivity index (χ1) is 11.9. The van der Waals surface area contributed by atoms with E-state index in [1.807, 2.05) is 0 Å². The Morgan fingerprint density at radius 1 is 1.20 bits per heavy atom. The number of hydrogen-bond acceptors (Lipinski definition) is 4. The predicted octanol–water partition coefficient (Wildman–Crippen LogP) is 4.13. The molecule has 2 aromatic rings. The van der Waals surface area contributed by atoms with Crippen molar-refractivity contribution in [3.05, 3.63) is 46.5 Å². The molecule has 4 nitrogen and oxygen atoms in total. The molecule has 1 aromatic carbocycles. The van der Waals surface area contributed by atoms with E-state index in [0.717, 1.165) is 6.07 Å². The molecule has 1 fully saturated rings. The molecule has 0 spiro atoms. The van der Waals surface area contributed by atoms with Crippen LogP contribution in [-0.4, -0.2) is 31.3 Å². The van der Waals surface area contributed by atoms with E-state index in [1.54, 1.807) is 35.2 Å². The molecule has 3 rings (SSSR count). The van der Waals surface area contributed by atoms with Crippen LogP contribution in [0.4, 0.5) is 19.0 Å². The highest BCUT2D eigenvalue weighted by molar-refractivity contribution is 6.33. The van der Waals surface area contributed by atoms with E-state index >= 15 is 0 Å². The fraction of sp³-hybridized carbons (Fsp3) is 0.294. The molecule has 0 atom stereocenters. The third kappa shape index (κ3) is 3.55. The van der Waals surface area contributed by atoms with Crippen LogP contribution in [0, 0.1) is 11.3 Å². The molecule has 0 saturated carbocycles. The molecular formula is C17H13ClF3N3O. The van der Waals surface area contributed by atoms with Crippen molar-refractivity contribution in [1.29, 1.82) is 5.26 Å². The summed E-state index contributed by atoms with van der Waals surface area (Å²) in [4.78, 5) is 5.97. The number of anilines is 1. The summed E-state index contributed by atoms with van der Waals surface area (Å²) in [7, 11) is 0. The van der Waals surface area contributed by atoms with Gasteiger partial charge in [0, 0.05) is 23.7 Å². The van der Waals surface area contributed by atoms with Crippen molar-refractivity contribution in [2.45, 2.75) is 6.18 Å². The van der Waals surface area contributed by atoms with Gasteiger partial charge in [0.05, 0.1) is 24.5 Å². The summed E-state index contributed by atoms with van der Waals surface area (Å²) in [5.74, 6) is 0.00976. The molecule has 0 radical (unpaired) electrons. The Balaban J connectivity index is 2.24. The number of alkyl halides is 3. The van der Waals surface area contributed by atoms with Gasteiger partial charge in [-0.2, -0.15) is 18.4 Å². The number of pyridine rings is 1. The summed E-state index contributed by atoms with van der Waals surface area (Å²) in [6.45, 7) is 1.46. The van der Waals surface area contributed by atoms with Gasteiger partial charge < -0.3 is 9.64 Å². The number of hydrogen-bond donors (Lipinski definition) is 0. The summed E-state index contributed by atoms with van der Waals surface area (Å²) in [5.41, 5.74) is -1.03. The zero-order chi connectivity index (χ0) is 18.0. The predicted molar refractivity (Wildman–Crippen MR) is 87.4 cm³/mol. The number of morpholine rings is 1. The minimum absolute atomic E-state index is 0.00976. The first-order valence-electron chi connectivity index (χ1n) is 7.51. The number of benzene rings is 1. The van der Waals surface area contributed by atoms with Crippen LogP contribution in [0.15, 0.2) is 30.3 Å². The largest absolute Gasteiger partial charge is 0.417 e. The molecule has 0 aliphatic carbocycles. The zero-order valence-electron chi connectivity index (χ0n) is 13.0. The van der Waals surface area contributed by atoms with E-state index in [-0.39, 0.29) is 11.5 Å². The van der Waals surface area contributed by atoms with Gasteiger partial charge in [-0.1, -0.05) is 29.8 Å². The lowest BCUT2D eigenvalue weighted by Crippen LogP contribution is -2.37. The molecule has 25 heavy (non-hydrogen) atoms. The second kappa shape index (κ2) is 6.90. The van der Waals surface area contributed by atoms with Crippen molar-refractivity contribution < 1.29 is 17.9 Å². The minimum Gasteiger partial charge on any atom is -0.378 e. The van der Waals surface area contributed by atoms with Crippen LogP contribution < -0.4 is 4.90 Å². The molecule has 1 aliphatic rings.